The first-order valence-corrected chi connectivity index (χ1v) is 7.06. The predicted octanol–water partition coefficient (Wildman–Crippen LogP) is 4.31. The lowest BCUT2D eigenvalue weighted by Crippen LogP contribution is -2.13. The van der Waals surface area contributed by atoms with Gasteiger partial charge in [0, 0.05) is 29.0 Å². The monoisotopic (exact) mass is 360 g/mol. The number of alkyl halides is 3. The van der Waals surface area contributed by atoms with Crippen molar-refractivity contribution in [3.05, 3.63) is 52.0 Å². The van der Waals surface area contributed by atoms with E-state index >= 15 is 0 Å². The third-order valence-electron chi connectivity index (χ3n) is 2.92. The average Bonchev–Trinajstić information content (AvgIpc) is 2.86. The molecule has 0 unspecified atom stereocenters. The second-order valence-corrected chi connectivity index (χ2v) is 5.32. The average molecular weight is 361 g/mol. The van der Waals surface area contributed by atoms with E-state index in [1.165, 1.54) is 18.3 Å². The number of ketones is 1. The van der Waals surface area contributed by atoms with Gasteiger partial charge in [0.15, 0.2) is 5.82 Å². The number of carbonyl (C=O) groups excluding carboxylic acids is 1. The Bertz CT molecular complexity index is 664. The first kappa shape index (κ1) is 15.8. The zero-order chi connectivity index (χ0) is 15.6. The third kappa shape index (κ3) is 3.34. The molecule has 0 bridgehead atoms. The lowest BCUT2D eigenvalue weighted by atomic mass is 10.1. The van der Waals surface area contributed by atoms with Gasteiger partial charge in [-0.3, -0.25) is 4.79 Å². The minimum atomic E-state index is -4.52. The number of hydrogen-bond acceptors (Lipinski definition) is 2. The van der Waals surface area contributed by atoms with E-state index in [0.29, 0.717) is 6.54 Å². The normalized spacial score (nSPS) is 11.7. The Balaban J connectivity index is 2.42. The Morgan fingerprint density at radius 1 is 1.38 bits per heavy atom. The van der Waals surface area contributed by atoms with E-state index in [4.69, 9.17) is 0 Å². The zero-order valence-electron chi connectivity index (χ0n) is 11.1. The SMILES string of the molecule is CCCn1ccnc1C(=O)c1ccc(Br)c(C(F)(F)F)c1. The van der Waals surface area contributed by atoms with Gasteiger partial charge in [0.1, 0.15) is 0 Å². The van der Waals surface area contributed by atoms with Crippen LogP contribution in [-0.4, -0.2) is 15.3 Å². The van der Waals surface area contributed by atoms with Crippen molar-refractivity contribution in [2.75, 3.05) is 0 Å². The van der Waals surface area contributed by atoms with Crippen molar-refractivity contribution < 1.29 is 18.0 Å². The number of imidazole rings is 1. The van der Waals surface area contributed by atoms with Gasteiger partial charge in [-0.25, -0.2) is 4.98 Å². The topological polar surface area (TPSA) is 34.9 Å². The van der Waals surface area contributed by atoms with Crippen LogP contribution in [0.15, 0.2) is 35.1 Å². The lowest BCUT2D eigenvalue weighted by molar-refractivity contribution is -0.138. The molecule has 0 saturated carbocycles. The summed E-state index contributed by atoms with van der Waals surface area (Å²) >= 11 is 2.85. The summed E-state index contributed by atoms with van der Waals surface area (Å²) in [7, 11) is 0. The molecule has 0 fully saturated rings. The molecule has 0 aliphatic carbocycles. The smallest absolute Gasteiger partial charge is 0.328 e. The quantitative estimate of drug-likeness (QED) is 0.761. The van der Waals surface area contributed by atoms with Gasteiger partial charge in [0.2, 0.25) is 5.78 Å². The number of nitrogens with zero attached hydrogens (tertiary/aromatic N) is 2. The minimum Gasteiger partial charge on any atom is -0.328 e. The Labute approximate surface area is 127 Å². The highest BCUT2D eigenvalue weighted by Gasteiger charge is 2.33. The van der Waals surface area contributed by atoms with E-state index in [2.05, 4.69) is 20.9 Å². The lowest BCUT2D eigenvalue weighted by Gasteiger charge is -2.11. The number of benzene rings is 1. The second-order valence-electron chi connectivity index (χ2n) is 4.47. The summed E-state index contributed by atoms with van der Waals surface area (Å²) in [6, 6.07) is 3.42. The molecule has 0 aliphatic heterocycles. The maximum atomic E-state index is 12.9. The molecular formula is C14H12BrF3N2O. The van der Waals surface area contributed by atoms with E-state index in [0.717, 1.165) is 12.5 Å². The molecule has 3 nitrogen and oxygen atoms in total. The second kappa shape index (κ2) is 6.01. The van der Waals surface area contributed by atoms with Gasteiger partial charge in [-0.2, -0.15) is 13.2 Å². The van der Waals surface area contributed by atoms with Crippen LogP contribution in [0.4, 0.5) is 13.2 Å². The fourth-order valence-corrected chi connectivity index (χ4v) is 2.42. The van der Waals surface area contributed by atoms with Crippen molar-refractivity contribution in [2.45, 2.75) is 26.1 Å². The molecule has 1 heterocycles. The van der Waals surface area contributed by atoms with Crippen LogP contribution < -0.4 is 0 Å². The summed E-state index contributed by atoms with van der Waals surface area (Å²) in [5, 5.41) is 0. The van der Waals surface area contributed by atoms with Crippen molar-refractivity contribution in [1.82, 2.24) is 9.55 Å². The van der Waals surface area contributed by atoms with Crippen molar-refractivity contribution >= 4 is 21.7 Å². The molecule has 0 radical (unpaired) electrons. The summed E-state index contributed by atoms with van der Waals surface area (Å²) in [5.74, 6) is -0.376. The first-order chi connectivity index (χ1) is 9.84. The standard InChI is InChI=1S/C14H12BrF3N2O/c1-2-6-20-7-5-19-13(20)12(21)9-3-4-11(15)10(8-9)14(16,17)18/h3-5,7-8H,2,6H2,1H3. The summed E-state index contributed by atoms with van der Waals surface area (Å²) in [6.45, 7) is 2.53. The molecule has 21 heavy (non-hydrogen) atoms. The molecule has 7 heteroatoms. The summed E-state index contributed by atoms with van der Waals surface area (Å²) in [5.41, 5.74) is -0.906. The Kier molecular flexibility index (Phi) is 4.51. The van der Waals surface area contributed by atoms with Crippen LogP contribution >= 0.6 is 15.9 Å². The molecule has 0 aliphatic rings. The Morgan fingerprint density at radius 2 is 2.10 bits per heavy atom. The number of aryl methyl sites for hydroxylation is 1. The largest absolute Gasteiger partial charge is 0.417 e. The number of carbonyl (C=O) groups is 1. The number of halogens is 4. The van der Waals surface area contributed by atoms with Crippen molar-refractivity contribution in [3.63, 3.8) is 0 Å². The number of hydrogen-bond donors (Lipinski definition) is 0. The molecule has 2 rings (SSSR count). The van der Waals surface area contributed by atoms with Crippen LogP contribution in [0.3, 0.4) is 0 Å². The highest BCUT2D eigenvalue weighted by Crippen LogP contribution is 2.35. The fourth-order valence-electron chi connectivity index (χ4n) is 1.95. The van der Waals surface area contributed by atoms with Crippen molar-refractivity contribution in [3.8, 4) is 0 Å². The highest BCUT2D eigenvalue weighted by molar-refractivity contribution is 9.10. The van der Waals surface area contributed by atoms with Crippen molar-refractivity contribution in [2.24, 2.45) is 0 Å². The zero-order valence-corrected chi connectivity index (χ0v) is 12.7. The molecule has 1 aromatic carbocycles. The Hall–Kier alpha value is -1.63. The Morgan fingerprint density at radius 3 is 2.71 bits per heavy atom. The van der Waals surface area contributed by atoms with Crippen LogP contribution in [-0.2, 0) is 12.7 Å². The van der Waals surface area contributed by atoms with E-state index in [1.54, 1.807) is 10.8 Å². The van der Waals surface area contributed by atoms with Crippen LogP contribution in [0.25, 0.3) is 0 Å². The first-order valence-electron chi connectivity index (χ1n) is 6.27. The maximum absolute atomic E-state index is 12.9. The predicted molar refractivity (Wildman–Crippen MR) is 75.1 cm³/mol. The van der Waals surface area contributed by atoms with Gasteiger partial charge >= 0.3 is 6.18 Å². The summed E-state index contributed by atoms with van der Waals surface area (Å²) in [6.07, 6.45) is -0.620. The van der Waals surface area contributed by atoms with Gasteiger partial charge in [-0.05, 0) is 24.6 Å². The summed E-state index contributed by atoms with van der Waals surface area (Å²) < 4.78 is 40.2. The fraction of sp³-hybridized carbons (Fsp3) is 0.286. The van der Waals surface area contributed by atoms with Crippen LogP contribution in [0.1, 0.15) is 35.1 Å². The van der Waals surface area contributed by atoms with Crippen LogP contribution in [0.5, 0.6) is 0 Å². The third-order valence-corrected chi connectivity index (χ3v) is 3.61. The molecule has 0 saturated heterocycles. The van der Waals surface area contributed by atoms with Gasteiger partial charge in [0.25, 0.3) is 0 Å². The van der Waals surface area contributed by atoms with Crippen molar-refractivity contribution in [1.29, 1.82) is 0 Å². The molecule has 112 valence electrons. The number of aromatic nitrogens is 2. The number of rotatable bonds is 4. The van der Waals surface area contributed by atoms with Gasteiger partial charge in [0.05, 0.1) is 5.56 Å². The van der Waals surface area contributed by atoms with E-state index < -0.39 is 17.5 Å². The van der Waals surface area contributed by atoms with Crippen LogP contribution in [0.2, 0.25) is 0 Å². The van der Waals surface area contributed by atoms with Crippen LogP contribution in [0, 0.1) is 0 Å². The highest BCUT2D eigenvalue weighted by atomic mass is 79.9. The van der Waals surface area contributed by atoms with E-state index in [9.17, 15) is 18.0 Å². The molecule has 1 aromatic heterocycles. The van der Waals surface area contributed by atoms with E-state index in [-0.39, 0.29) is 15.9 Å². The molecule has 0 amide bonds. The van der Waals surface area contributed by atoms with Gasteiger partial charge < -0.3 is 4.57 Å². The molecule has 0 atom stereocenters. The van der Waals surface area contributed by atoms with Gasteiger partial charge in [-0.15, -0.1) is 0 Å². The molecule has 0 N–H and O–H groups in total. The molecular weight excluding hydrogens is 349 g/mol. The van der Waals surface area contributed by atoms with Gasteiger partial charge in [-0.1, -0.05) is 22.9 Å². The van der Waals surface area contributed by atoms with E-state index in [1.807, 2.05) is 6.92 Å². The molecule has 2 aromatic rings. The minimum absolute atomic E-state index is 0.0333. The summed E-state index contributed by atoms with van der Waals surface area (Å²) in [4.78, 5) is 16.3. The molecule has 0 spiro atoms. The maximum Gasteiger partial charge on any atom is 0.417 e.